The SMILES string of the molecule is Cc1nc(Cl)nc(Nc2cccc(Nc3nc(N)nc(Cl)n3)c2)n1. The molecule has 0 radical (unpaired) electrons. The molecule has 2 aromatic heterocycles. The maximum atomic E-state index is 5.82. The van der Waals surface area contributed by atoms with Crippen LogP contribution in [0, 0.1) is 6.92 Å². The van der Waals surface area contributed by atoms with Gasteiger partial charge < -0.3 is 16.4 Å². The highest BCUT2D eigenvalue weighted by molar-refractivity contribution is 6.28. The first-order chi connectivity index (χ1) is 11.5. The maximum Gasteiger partial charge on any atom is 0.233 e. The van der Waals surface area contributed by atoms with Gasteiger partial charge in [0.25, 0.3) is 0 Å². The number of nitrogens with two attached hydrogens (primary N) is 1. The van der Waals surface area contributed by atoms with Gasteiger partial charge in [0.15, 0.2) is 0 Å². The molecule has 0 aliphatic carbocycles. The van der Waals surface area contributed by atoms with Crippen molar-refractivity contribution in [3.05, 3.63) is 40.7 Å². The van der Waals surface area contributed by atoms with Crippen molar-refractivity contribution >= 4 is 52.4 Å². The molecule has 2 heterocycles. The summed E-state index contributed by atoms with van der Waals surface area (Å²) in [6.45, 7) is 1.73. The first-order valence-electron chi connectivity index (χ1n) is 6.67. The molecule has 11 heteroatoms. The third-order valence-corrected chi connectivity index (χ3v) is 3.06. The summed E-state index contributed by atoms with van der Waals surface area (Å²) in [5, 5.41) is 6.16. The van der Waals surface area contributed by atoms with E-state index in [0.29, 0.717) is 17.5 Å². The van der Waals surface area contributed by atoms with Crippen molar-refractivity contribution in [2.75, 3.05) is 16.4 Å². The summed E-state index contributed by atoms with van der Waals surface area (Å²) in [6, 6.07) is 7.30. The fraction of sp³-hybridized carbons (Fsp3) is 0.0769. The lowest BCUT2D eigenvalue weighted by Crippen LogP contribution is -2.04. The Morgan fingerprint density at radius 1 is 0.833 bits per heavy atom. The standard InChI is InChI=1S/C13H11Cl2N9/c1-6-17-9(14)22-12(18-6)19-7-3-2-4-8(5-7)20-13-23-10(15)21-11(16)24-13/h2-5H,1H3,(H,17,18,19,22)(H3,16,20,21,23,24). The van der Waals surface area contributed by atoms with Gasteiger partial charge in [0.1, 0.15) is 5.82 Å². The van der Waals surface area contributed by atoms with Gasteiger partial charge in [-0.3, -0.25) is 0 Å². The molecular formula is C13H11Cl2N9. The van der Waals surface area contributed by atoms with Crippen LogP contribution in [-0.4, -0.2) is 29.9 Å². The zero-order valence-electron chi connectivity index (χ0n) is 12.3. The third-order valence-electron chi connectivity index (χ3n) is 2.72. The fourth-order valence-corrected chi connectivity index (χ4v) is 2.23. The molecule has 0 saturated heterocycles. The van der Waals surface area contributed by atoms with E-state index in [4.69, 9.17) is 28.9 Å². The van der Waals surface area contributed by atoms with Crippen LogP contribution in [0.15, 0.2) is 24.3 Å². The van der Waals surface area contributed by atoms with Crippen LogP contribution in [0.25, 0.3) is 0 Å². The number of rotatable bonds is 4. The monoisotopic (exact) mass is 363 g/mol. The number of hydrogen-bond acceptors (Lipinski definition) is 9. The van der Waals surface area contributed by atoms with Gasteiger partial charge in [-0.05, 0) is 48.3 Å². The molecule has 0 fully saturated rings. The number of nitrogens with one attached hydrogen (secondary N) is 2. The normalized spacial score (nSPS) is 10.5. The highest BCUT2D eigenvalue weighted by Crippen LogP contribution is 2.21. The minimum atomic E-state index is 0.00887. The van der Waals surface area contributed by atoms with E-state index in [0.717, 1.165) is 5.69 Å². The molecule has 3 aromatic rings. The second-order valence-corrected chi connectivity index (χ2v) is 5.27. The van der Waals surface area contributed by atoms with E-state index in [9.17, 15) is 0 Å². The van der Waals surface area contributed by atoms with Gasteiger partial charge in [-0.2, -0.15) is 24.9 Å². The molecular weight excluding hydrogens is 353 g/mol. The summed E-state index contributed by atoms with van der Waals surface area (Å²) >= 11 is 11.6. The Kier molecular flexibility index (Phi) is 4.54. The van der Waals surface area contributed by atoms with Crippen molar-refractivity contribution < 1.29 is 0 Å². The van der Waals surface area contributed by atoms with E-state index in [1.165, 1.54) is 0 Å². The van der Waals surface area contributed by atoms with Gasteiger partial charge in [-0.25, -0.2) is 4.98 Å². The smallest absolute Gasteiger partial charge is 0.233 e. The van der Waals surface area contributed by atoms with Gasteiger partial charge in [-0.15, -0.1) is 0 Å². The number of benzene rings is 1. The molecule has 4 N–H and O–H groups in total. The van der Waals surface area contributed by atoms with Gasteiger partial charge >= 0.3 is 0 Å². The van der Waals surface area contributed by atoms with Gasteiger partial charge in [0.05, 0.1) is 0 Å². The van der Waals surface area contributed by atoms with Crippen LogP contribution >= 0.6 is 23.2 Å². The van der Waals surface area contributed by atoms with Crippen LogP contribution in [0.4, 0.5) is 29.2 Å². The molecule has 9 nitrogen and oxygen atoms in total. The van der Waals surface area contributed by atoms with Crippen LogP contribution < -0.4 is 16.4 Å². The van der Waals surface area contributed by atoms with E-state index >= 15 is 0 Å². The van der Waals surface area contributed by atoms with E-state index in [2.05, 4.69) is 40.5 Å². The molecule has 0 amide bonds. The molecule has 0 aliphatic heterocycles. The van der Waals surface area contributed by atoms with Crippen molar-refractivity contribution in [2.45, 2.75) is 6.92 Å². The van der Waals surface area contributed by atoms with E-state index < -0.39 is 0 Å². The Balaban J connectivity index is 1.81. The predicted molar refractivity (Wildman–Crippen MR) is 91.8 cm³/mol. The zero-order valence-corrected chi connectivity index (χ0v) is 13.8. The van der Waals surface area contributed by atoms with E-state index in [1.807, 2.05) is 18.2 Å². The summed E-state index contributed by atoms with van der Waals surface area (Å²) in [5.74, 6) is 1.13. The second-order valence-electron chi connectivity index (χ2n) is 4.59. The molecule has 24 heavy (non-hydrogen) atoms. The Labute approximate surface area is 146 Å². The average Bonchev–Trinajstić information content (AvgIpc) is 2.45. The molecule has 0 aliphatic rings. The topological polar surface area (TPSA) is 127 Å². The molecule has 3 rings (SSSR count). The highest BCUT2D eigenvalue weighted by Gasteiger charge is 2.05. The summed E-state index contributed by atoms with van der Waals surface area (Å²) < 4.78 is 0. The van der Waals surface area contributed by atoms with Gasteiger partial charge in [-0.1, -0.05) is 6.07 Å². The van der Waals surface area contributed by atoms with Gasteiger partial charge in [0, 0.05) is 11.4 Å². The van der Waals surface area contributed by atoms with Crippen molar-refractivity contribution in [3.63, 3.8) is 0 Å². The molecule has 0 saturated carbocycles. The molecule has 0 unspecified atom stereocenters. The minimum Gasteiger partial charge on any atom is -0.368 e. The van der Waals surface area contributed by atoms with E-state index in [1.54, 1.807) is 13.0 Å². The van der Waals surface area contributed by atoms with Crippen LogP contribution in [0.3, 0.4) is 0 Å². The number of hydrogen-bond donors (Lipinski definition) is 3. The lowest BCUT2D eigenvalue weighted by Gasteiger charge is -2.09. The molecule has 0 spiro atoms. The Morgan fingerprint density at radius 2 is 1.42 bits per heavy atom. The average molecular weight is 364 g/mol. The first-order valence-corrected chi connectivity index (χ1v) is 7.43. The number of halogens is 2. The molecule has 0 bridgehead atoms. The van der Waals surface area contributed by atoms with Crippen molar-refractivity contribution in [3.8, 4) is 0 Å². The maximum absolute atomic E-state index is 5.82. The van der Waals surface area contributed by atoms with Crippen LogP contribution in [-0.2, 0) is 0 Å². The van der Waals surface area contributed by atoms with E-state index in [-0.39, 0.29) is 22.5 Å². The highest BCUT2D eigenvalue weighted by atomic mass is 35.5. The Hall–Kier alpha value is -2.78. The lowest BCUT2D eigenvalue weighted by molar-refractivity contribution is 0.983. The predicted octanol–water partition coefficient (Wildman–Crippen LogP) is 2.74. The number of nitrogen functional groups attached to an aromatic ring is 1. The number of aryl methyl sites for hydroxylation is 1. The molecule has 0 atom stereocenters. The Morgan fingerprint density at radius 3 is 2.00 bits per heavy atom. The summed E-state index contributed by atoms with van der Waals surface area (Å²) in [5.41, 5.74) is 6.98. The number of aromatic nitrogens is 6. The minimum absolute atomic E-state index is 0.00887. The van der Waals surface area contributed by atoms with Crippen molar-refractivity contribution in [1.29, 1.82) is 0 Å². The molecule has 1 aromatic carbocycles. The van der Waals surface area contributed by atoms with Crippen LogP contribution in [0.2, 0.25) is 10.6 Å². The largest absolute Gasteiger partial charge is 0.368 e. The van der Waals surface area contributed by atoms with Crippen LogP contribution in [0.5, 0.6) is 0 Å². The molecule has 122 valence electrons. The zero-order chi connectivity index (χ0) is 17.1. The second kappa shape index (κ2) is 6.77. The fourth-order valence-electron chi connectivity index (χ4n) is 1.86. The van der Waals surface area contributed by atoms with Gasteiger partial charge in [0.2, 0.25) is 28.4 Å². The van der Waals surface area contributed by atoms with Crippen molar-refractivity contribution in [1.82, 2.24) is 29.9 Å². The van der Waals surface area contributed by atoms with Crippen LogP contribution in [0.1, 0.15) is 5.82 Å². The summed E-state index contributed by atoms with van der Waals surface area (Å²) in [7, 11) is 0. The number of nitrogens with zero attached hydrogens (tertiary/aromatic N) is 6. The third kappa shape index (κ3) is 4.15. The Bertz CT molecular complexity index is 778. The van der Waals surface area contributed by atoms with Crippen molar-refractivity contribution in [2.24, 2.45) is 0 Å². The quantitative estimate of drug-likeness (QED) is 0.640. The number of anilines is 5. The summed E-state index contributed by atoms with van der Waals surface area (Å²) in [4.78, 5) is 23.7. The first kappa shape index (κ1) is 16.1. The lowest BCUT2D eigenvalue weighted by atomic mass is 10.3. The summed E-state index contributed by atoms with van der Waals surface area (Å²) in [6.07, 6.45) is 0.